The number of carbonyl (C=O) groups is 2. The number of primary amides is 1. The molecule has 0 saturated carbocycles. The maximum Gasteiger partial charge on any atom is 0.316 e. The van der Waals surface area contributed by atoms with Gasteiger partial charge in [-0.1, -0.05) is 12.1 Å². The van der Waals surface area contributed by atoms with Gasteiger partial charge in [-0.05, 0) is 42.8 Å². The van der Waals surface area contributed by atoms with Crippen LogP contribution in [0.3, 0.4) is 0 Å². The number of hydrogen-bond donors (Lipinski definition) is 3. The molecule has 2 aromatic carbocycles. The second-order valence-corrected chi connectivity index (χ2v) is 4.49. The first-order valence-corrected chi connectivity index (χ1v) is 6.20. The molecule has 0 spiro atoms. The van der Waals surface area contributed by atoms with E-state index in [0.29, 0.717) is 16.9 Å². The zero-order valence-corrected chi connectivity index (χ0v) is 11.3. The number of amides is 3. The fraction of sp³-hybridized carbons (Fsp3) is 0.0667. The minimum atomic E-state index is -0.695. The van der Waals surface area contributed by atoms with E-state index < -0.39 is 17.8 Å². The van der Waals surface area contributed by atoms with Crippen LogP contribution < -0.4 is 16.4 Å². The van der Waals surface area contributed by atoms with Crippen molar-refractivity contribution in [2.75, 3.05) is 10.6 Å². The van der Waals surface area contributed by atoms with Crippen LogP contribution in [-0.2, 0) is 0 Å². The summed E-state index contributed by atoms with van der Waals surface area (Å²) in [5, 5.41) is 5.02. The van der Waals surface area contributed by atoms with Crippen LogP contribution in [-0.4, -0.2) is 11.9 Å². The third-order valence-corrected chi connectivity index (χ3v) is 2.82. The number of carbonyl (C=O) groups excluding carboxylic acids is 2. The molecular formula is C15H14FN3O2. The summed E-state index contributed by atoms with van der Waals surface area (Å²) >= 11 is 0. The van der Waals surface area contributed by atoms with E-state index in [9.17, 15) is 14.0 Å². The predicted molar refractivity (Wildman–Crippen MR) is 78.7 cm³/mol. The van der Waals surface area contributed by atoms with Gasteiger partial charge in [0.1, 0.15) is 5.82 Å². The number of rotatable bonds is 3. The van der Waals surface area contributed by atoms with Gasteiger partial charge in [0.25, 0.3) is 5.91 Å². The maximum atomic E-state index is 13.4. The van der Waals surface area contributed by atoms with Crippen LogP contribution in [0.5, 0.6) is 0 Å². The first kappa shape index (κ1) is 14.5. The van der Waals surface area contributed by atoms with E-state index in [1.807, 2.05) is 0 Å². The van der Waals surface area contributed by atoms with E-state index in [4.69, 9.17) is 5.73 Å². The number of urea groups is 1. The lowest BCUT2D eigenvalue weighted by molar-refractivity contribution is 0.102. The Morgan fingerprint density at radius 2 is 1.71 bits per heavy atom. The highest BCUT2D eigenvalue weighted by atomic mass is 19.1. The third kappa shape index (κ3) is 3.79. The normalized spacial score (nSPS) is 10.0. The molecule has 6 heteroatoms. The summed E-state index contributed by atoms with van der Waals surface area (Å²) in [6.07, 6.45) is 0. The molecule has 0 fully saturated rings. The zero-order chi connectivity index (χ0) is 15.4. The molecular weight excluding hydrogens is 273 g/mol. The maximum absolute atomic E-state index is 13.4. The Kier molecular flexibility index (Phi) is 4.18. The average molecular weight is 287 g/mol. The topological polar surface area (TPSA) is 84.2 Å². The Hall–Kier alpha value is -2.89. The summed E-state index contributed by atoms with van der Waals surface area (Å²) in [7, 11) is 0. The number of nitrogens with one attached hydrogen (secondary N) is 2. The van der Waals surface area contributed by atoms with Crippen molar-refractivity contribution in [3.8, 4) is 0 Å². The molecule has 2 aromatic rings. The van der Waals surface area contributed by atoms with Gasteiger partial charge in [-0.3, -0.25) is 4.79 Å². The standard InChI is InChI=1S/C15H14FN3O2/c1-9-5-6-10(7-13(9)16)14(20)18-11-3-2-4-12(8-11)19-15(17)21/h2-8H,1H3,(H,18,20)(H3,17,19,21). The van der Waals surface area contributed by atoms with Crippen LogP contribution >= 0.6 is 0 Å². The van der Waals surface area contributed by atoms with Gasteiger partial charge in [-0.2, -0.15) is 0 Å². The average Bonchev–Trinajstić information content (AvgIpc) is 2.41. The number of benzene rings is 2. The van der Waals surface area contributed by atoms with Gasteiger partial charge in [0.15, 0.2) is 0 Å². The predicted octanol–water partition coefficient (Wildman–Crippen LogP) is 2.88. The van der Waals surface area contributed by atoms with Gasteiger partial charge in [-0.25, -0.2) is 9.18 Å². The highest BCUT2D eigenvalue weighted by Gasteiger charge is 2.09. The first-order valence-electron chi connectivity index (χ1n) is 6.20. The van der Waals surface area contributed by atoms with Crippen LogP contribution in [0.4, 0.5) is 20.6 Å². The van der Waals surface area contributed by atoms with Crippen molar-refractivity contribution in [2.45, 2.75) is 6.92 Å². The molecule has 5 nitrogen and oxygen atoms in total. The molecule has 0 heterocycles. The molecule has 0 aliphatic rings. The molecule has 0 radical (unpaired) electrons. The van der Waals surface area contributed by atoms with E-state index in [1.165, 1.54) is 12.1 Å². The van der Waals surface area contributed by atoms with Gasteiger partial charge in [0.2, 0.25) is 0 Å². The number of hydrogen-bond acceptors (Lipinski definition) is 2. The highest BCUT2D eigenvalue weighted by Crippen LogP contribution is 2.17. The molecule has 108 valence electrons. The molecule has 0 bridgehead atoms. The number of halogens is 1. The molecule has 0 aliphatic heterocycles. The summed E-state index contributed by atoms with van der Waals surface area (Å²) in [6.45, 7) is 1.62. The Morgan fingerprint density at radius 3 is 2.33 bits per heavy atom. The van der Waals surface area contributed by atoms with Crippen LogP contribution in [0.2, 0.25) is 0 Å². The lowest BCUT2D eigenvalue weighted by Gasteiger charge is -2.08. The summed E-state index contributed by atoms with van der Waals surface area (Å²) in [5.41, 5.74) is 6.62. The lowest BCUT2D eigenvalue weighted by Crippen LogP contribution is -2.19. The molecule has 0 unspecified atom stereocenters. The first-order chi connectivity index (χ1) is 9.95. The second-order valence-electron chi connectivity index (χ2n) is 4.49. The van der Waals surface area contributed by atoms with Crippen molar-refractivity contribution in [3.63, 3.8) is 0 Å². The molecule has 21 heavy (non-hydrogen) atoms. The quantitative estimate of drug-likeness (QED) is 0.811. The monoisotopic (exact) mass is 287 g/mol. The van der Waals surface area contributed by atoms with Crippen molar-refractivity contribution >= 4 is 23.3 Å². The molecule has 0 atom stereocenters. The van der Waals surface area contributed by atoms with Gasteiger partial charge >= 0.3 is 6.03 Å². The molecule has 0 aliphatic carbocycles. The minimum absolute atomic E-state index is 0.214. The van der Waals surface area contributed by atoms with E-state index in [2.05, 4.69) is 10.6 Å². The van der Waals surface area contributed by atoms with Crippen molar-refractivity contribution in [3.05, 3.63) is 59.4 Å². The van der Waals surface area contributed by atoms with Crippen molar-refractivity contribution < 1.29 is 14.0 Å². The smallest absolute Gasteiger partial charge is 0.316 e. The van der Waals surface area contributed by atoms with Crippen LogP contribution in [0.25, 0.3) is 0 Å². The number of anilines is 2. The Morgan fingerprint density at radius 1 is 1.05 bits per heavy atom. The lowest BCUT2D eigenvalue weighted by atomic mass is 10.1. The molecule has 2 rings (SSSR count). The van der Waals surface area contributed by atoms with E-state index in [0.717, 1.165) is 0 Å². The van der Waals surface area contributed by atoms with Crippen molar-refractivity contribution in [1.82, 2.24) is 0 Å². The Bertz CT molecular complexity index is 701. The number of nitrogens with two attached hydrogens (primary N) is 1. The second kappa shape index (κ2) is 6.04. The minimum Gasteiger partial charge on any atom is -0.351 e. The Labute approximate surface area is 121 Å². The van der Waals surface area contributed by atoms with Crippen LogP contribution in [0.15, 0.2) is 42.5 Å². The largest absolute Gasteiger partial charge is 0.351 e. The molecule has 3 amide bonds. The van der Waals surface area contributed by atoms with Gasteiger partial charge in [0.05, 0.1) is 0 Å². The van der Waals surface area contributed by atoms with Gasteiger partial charge in [0, 0.05) is 16.9 Å². The molecule has 0 saturated heterocycles. The SMILES string of the molecule is Cc1ccc(C(=O)Nc2cccc(NC(N)=O)c2)cc1F. The third-order valence-electron chi connectivity index (χ3n) is 2.82. The van der Waals surface area contributed by atoms with E-state index in [1.54, 1.807) is 37.3 Å². The fourth-order valence-electron chi connectivity index (χ4n) is 1.75. The van der Waals surface area contributed by atoms with E-state index in [-0.39, 0.29) is 5.56 Å². The number of aryl methyl sites for hydroxylation is 1. The van der Waals surface area contributed by atoms with Gasteiger partial charge < -0.3 is 16.4 Å². The summed E-state index contributed by atoms with van der Waals surface area (Å²) in [6, 6.07) is 10.0. The van der Waals surface area contributed by atoms with Crippen LogP contribution in [0, 0.1) is 12.7 Å². The fourth-order valence-corrected chi connectivity index (χ4v) is 1.75. The summed E-state index contributed by atoms with van der Waals surface area (Å²) in [4.78, 5) is 22.8. The summed E-state index contributed by atoms with van der Waals surface area (Å²) < 4.78 is 13.4. The highest BCUT2D eigenvalue weighted by molar-refractivity contribution is 6.04. The molecule has 4 N–H and O–H groups in total. The summed E-state index contributed by atoms with van der Waals surface area (Å²) in [5.74, 6) is -0.878. The van der Waals surface area contributed by atoms with Crippen molar-refractivity contribution in [1.29, 1.82) is 0 Å². The zero-order valence-electron chi connectivity index (χ0n) is 11.3. The van der Waals surface area contributed by atoms with Gasteiger partial charge in [-0.15, -0.1) is 0 Å². The molecule has 0 aromatic heterocycles. The van der Waals surface area contributed by atoms with Crippen molar-refractivity contribution in [2.24, 2.45) is 5.73 Å². The van der Waals surface area contributed by atoms with Crippen LogP contribution in [0.1, 0.15) is 15.9 Å². The Balaban J connectivity index is 2.15. The van der Waals surface area contributed by atoms with E-state index >= 15 is 0 Å².